The van der Waals surface area contributed by atoms with Crippen LogP contribution in [0.5, 0.6) is 5.75 Å². The lowest BCUT2D eigenvalue weighted by Crippen LogP contribution is -2.31. The van der Waals surface area contributed by atoms with E-state index < -0.39 is 22.4 Å². The number of halogens is 1. The van der Waals surface area contributed by atoms with Crippen LogP contribution in [0.1, 0.15) is 37.7 Å². The number of nitrogens with zero attached hydrogens (tertiary/aromatic N) is 2. The minimum atomic E-state index is -0.938. The first-order valence-electron chi connectivity index (χ1n) is 8.86. The normalized spacial score (nSPS) is 11.4. The second-order valence-corrected chi connectivity index (χ2v) is 7.23. The standard InChI is InChI=1S/C20H20FN3O5/c1-11-8-14(25)17(27)18(28-11)20(2,3)9-15(26)22-10-16-23-19(24-29-16)12-6-4-5-7-13(12)21/h4-8,27H,9-10H2,1-3H3,(H,22,26). The molecule has 2 heterocycles. The fourth-order valence-corrected chi connectivity index (χ4v) is 2.86. The second kappa shape index (κ2) is 7.86. The van der Waals surface area contributed by atoms with Gasteiger partial charge in [0.1, 0.15) is 11.6 Å². The highest BCUT2D eigenvalue weighted by Crippen LogP contribution is 2.32. The first-order chi connectivity index (χ1) is 13.7. The van der Waals surface area contributed by atoms with Gasteiger partial charge in [-0.2, -0.15) is 4.98 Å². The van der Waals surface area contributed by atoms with E-state index in [2.05, 4.69) is 15.5 Å². The van der Waals surface area contributed by atoms with Gasteiger partial charge in [0, 0.05) is 17.9 Å². The summed E-state index contributed by atoms with van der Waals surface area (Å²) in [7, 11) is 0. The van der Waals surface area contributed by atoms with Crippen LogP contribution in [-0.4, -0.2) is 21.2 Å². The molecule has 2 N–H and O–H groups in total. The van der Waals surface area contributed by atoms with Crippen LogP contribution in [0.15, 0.2) is 44.1 Å². The van der Waals surface area contributed by atoms with Gasteiger partial charge in [-0.15, -0.1) is 0 Å². The van der Waals surface area contributed by atoms with Crippen molar-refractivity contribution in [3.63, 3.8) is 0 Å². The van der Waals surface area contributed by atoms with Crippen molar-refractivity contribution in [2.45, 2.75) is 39.2 Å². The maximum atomic E-state index is 13.8. The quantitative estimate of drug-likeness (QED) is 0.652. The zero-order valence-corrected chi connectivity index (χ0v) is 16.2. The second-order valence-electron chi connectivity index (χ2n) is 7.23. The summed E-state index contributed by atoms with van der Waals surface area (Å²) in [6.45, 7) is 4.88. The Morgan fingerprint density at radius 3 is 2.76 bits per heavy atom. The first kappa shape index (κ1) is 20.2. The number of nitrogens with one attached hydrogen (secondary N) is 1. The van der Waals surface area contributed by atoms with Gasteiger partial charge in [-0.1, -0.05) is 31.1 Å². The Morgan fingerprint density at radius 2 is 2.03 bits per heavy atom. The van der Waals surface area contributed by atoms with Crippen LogP contribution >= 0.6 is 0 Å². The number of hydrogen-bond donors (Lipinski definition) is 2. The summed E-state index contributed by atoms with van der Waals surface area (Å²) in [5.41, 5.74) is -1.31. The van der Waals surface area contributed by atoms with E-state index in [1.807, 2.05) is 0 Å². The number of aromatic nitrogens is 2. The van der Waals surface area contributed by atoms with Crippen molar-refractivity contribution in [1.29, 1.82) is 0 Å². The third-order valence-electron chi connectivity index (χ3n) is 4.28. The van der Waals surface area contributed by atoms with E-state index in [9.17, 15) is 19.1 Å². The zero-order valence-electron chi connectivity index (χ0n) is 16.2. The van der Waals surface area contributed by atoms with Gasteiger partial charge in [-0.25, -0.2) is 4.39 Å². The Balaban J connectivity index is 1.66. The summed E-state index contributed by atoms with van der Waals surface area (Å²) >= 11 is 0. The molecule has 3 aromatic rings. The third-order valence-corrected chi connectivity index (χ3v) is 4.28. The maximum absolute atomic E-state index is 13.8. The number of carbonyl (C=O) groups is 1. The highest BCUT2D eigenvalue weighted by molar-refractivity contribution is 5.77. The zero-order chi connectivity index (χ0) is 21.2. The minimum absolute atomic E-state index is 0.0391. The Kier molecular flexibility index (Phi) is 5.49. The van der Waals surface area contributed by atoms with Crippen LogP contribution < -0.4 is 10.7 Å². The van der Waals surface area contributed by atoms with E-state index in [-0.39, 0.29) is 41.9 Å². The van der Waals surface area contributed by atoms with Gasteiger partial charge in [-0.3, -0.25) is 9.59 Å². The molecule has 0 saturated carbocycles. The molecule has 29 heavy (non-hydrogen) atoms. The van der Waals surface area contributed by atoms with Crippen LogP contribution in [-0.2, 0) is 16.8 Å². The molecule has 0 saturated heterocycles. The van der Waals surface area contributed by atoms with E-state index >= 15 is 0 Å². The van der Waals surface area contributed by atoms with Crippen molar-refractivity contribution < 1.29 is 23.2 Å². The van der Waals surface area contributed by atoms with Crippen molar-refractivity contribution in [2.75, 3.05) is 0 Å². The smallest absolute Gasteiger partial charge is 0.246 e. The summed E-state index contributed by atoms with van der Waals surface area (Å²) in [6.07, 6.45) is -0.0682. The van der Waals surface area contributed by atoms with E-state index in [4.69, 9.17) is 8.94 Å². The predicted octanol–water partition coefficient (Wildman–Crippen LogP) is 2.83. The van der Waals surface area contributed by atoms with Gasteiger partial charge in [-0.05, 0) is 19.1 Å². The fraction of sp³-hybridized carbons (Fsp3) is 0.300. The molecule has 0 spiro atoms. The van der Waals surface area contributed by atoms with Crippen molar-refractivity contribution in [1.82, 2.24) is 15.5 Å². The molecule has 0 unspecified atom stereocenters. The molecule has 0 aliphatic heterocycles. The highest BCUT2D eigenvalue weighted by Gasteiger charge is 2.31. The number of carbonyl (C=O) groups excluding carboxylic acids is 1. The fourth-order valence-electron chi connectivity index (χ4n) is 2.86. The topological polar surface area (TPSA) is 118 Å². The van der Waals surface area contributed by atoms with E-state index in [0.29, 0.717) is 5.76 Å². The number of hydrogen-bond acceptors (Lipinski definition) is 7. The first-order valence-corrected chi connectivity index (χ1v) is 8.86. The van der Waals surface area contributed by atoms with Gasteiger partial charge >= 0.3 is 0 Å². The molecule has 0 atom stereocenters. The van der Waals surface area contributed by atoms with Crippen LogP contribution in [0.25, 0.3) is 11.4 Å². The lowest BCUT2D eigenvalue weighted by Gasteiger charge is -2.23. The average Bonchev–Trinajstić information content (AvgIpc) is 3.11. The van der Waals surface area contributed by atoms with Gasteiger partial charge in [0.25, 0.3) is 0 Å². The van der Waals surface area contributed by atoms with Crippen LogP contribution in [0.3, 0.4) is 0 Å². The van der Waals surface area contributed by atoms with Gasteiger partial charge in [0.15, 0.2) is 5.76 Å². The van der Waals surface area contributed by atoms with Gasteiger partial charge in [0.05, 0.1) is 12.1 Å². The monoisotopic (exact) mass is 401 g/mol. The number of aromatic hydroxyl groups is 1. The molecular weight excluding hydrogens is 381 g/mol. The SMILES string of the molecule is Cc1cc(=O)c(O)c(C(C)(C)CC(=O)NCc2nc(-c3ccccc3F)no2)o1. The molecule has 0 aliphatic rings. The molecule has 0 radical (unpaired) electrons. The lowest BCUT2D eigenvalue weighted by molar-refractivity contribution is -0.122. The van der Waals surface area contributed by atoms with Crippen molar-refractivity contribution in [3.8, 4) is 17.1 Å². The van der Waals surface area contributed by atoms with Gasteiger partial charge in [0.2, 0.25) is 28.8 Å². The molecule has 152 valence electrons. The molecule has 0 fully saturated rings. The number of amides is 1. The Morgan fingerprint density at radius 1 is 1.31 bits per heavy atom. The lowest BCUT2D eigenvalue weighted by atomic mass is 9.85. The molecule has 1 aromatic carbocycles. The third kappa shape index (κ3) is 4.50. The molecular formula is C20H20FN3O5. The summed E-state index contributed by atoms with van der Waals surface area (Å²) in [4.78, 5) is 28.2. The largest absolute Gasteiger partial charge is 0.502 e. The highest BCUT2D eigenvalue weighted by atomic mass is 19.1. The number of aryl methyl sites for hydroxylation is 1. The number of rotatable bonds is 6. The molecule has 9 heteroatoms. The molecule has 3 rings (SSSR count). The Hall–Kier alpha value is -3.49. The van der Waals surface area contributed by atoms with E-state index in [1.165, 1.54) is 18.2 Å². The van der Waals surface area contributed by atoms with E-state index in [1.54, 1.807) is 32.9 Å². The van der Waals surface area contributed by atoms with Crippen molar-refractivity contribution in [2.24, 2.45) is 0 Å². The van der Waals surface area contributed by atoms with Crippen LogP contribution in [0.2, 0.25) is 0 Å². The van der Waals surface area contributed by atoms with Crippen LogP contribution in [0, 0.1) is 12.7 Å². The summed E-state index contributed by atoms with van der Waals surface area (Å²) < 4.78 is 24.3. The van der Waals surface area contributed by atoms with Crippen molar-refractivity contribution in [3.05, 3.63) is 63.8 Å². The summed E-state index contributed by atoms with van der Waals surface area (Å²) in [6, 6.07) is 7.19. The summed E-state index contributed by atoms with van der Waals surface area (Å²) in [5.74, 6) is -0.812. The Labute approximate surface area is 165 Å². The number of benzene rings is 1. The van der Waals surface area contributed by atoms with Gasteiger partial charge < -0.3 is 19.4 Å². The average molecular weight is 401 g/mol. The molecule has 1 amide bonds. The maximum Gasteiger partial charge on any atom is 0.246 e. The Bertz CT molecular complexity index is 1100. The molecule has 8 nitrogen and oxygen atoms in total. The van der Waals surface area contributed by atoms with Crippen LogP contribution in [0.4, 0.5) is 4.39 Å². The van der Waals surface area contributed by atoms with E-state index in [0.717, 1.165) is 0 Å². The van der Waals surface area contributed by atoms with Crippen molar-refractivity contribution >= 4 is 5.91 Å². The molecule has 2 aromatic heterocycles. The summed E-state index contributed by atoms with van der Waals surface area (Å²) in [5, 5.41) is 16.4. The predicted molar refractivity (Wildman–Crippen MR) is 101 cm³/mol. The molecule has 0 aliphatic carbocycles. The minimum Gasteiger partial charge on any atom is -0.502 e. The molecule has 0 bridgehead atoms.